The number of hydrogen-bond acceptors (Lipinski definition) is 2. The molecule has 0 saturated carbocycles. The molecule has 11 heavy (non-hydrogen) atoms. The van der Waals surface area contributed by atoms with Gasteiger partial charge in [-0.05, 0) is 13.3 Å². The van der Waals surface area contributed by atoms with Crippen LogP contribution in [0, 0.1) is 0 Å². The van der Waals surface area contributed by atoms with Gasteiger partial charge in [-0.2, -0.15) is 0 Å². The number of piperidine rings is 1. The molecule has 0 N–H and O–H groups in total. The zero-order chi connectivity index (χ0) is 8.27. The van der Waals surface area contributed by atoms with E-state index in [-0.39, 0.29) is 12.0 Å². The molecule has 0 radical (unpaired) electrons. The first kappa shape index (κ1) is 8.53. The Kier molecular flexibility index (Phi) is 2.88. The van der Waals surface area contributed by atoms with Crippen LogP contribution >= 0.6 is 0 Å². The molecule has 1 atom stereocenters. The maximum Gasteiger partial charge on any atom is 0.224 e. The monoisotopic (exact) mass is 157 g/mol. The average molecular weight is 157 g/mol. The zero-order valence-electron chi connectivity index (χ0n) is 7.17. The van der Waals surface area contributed by atoms with Gasteiger partial charge in [-0.25, -0.2) is 0 Å². The molecule has 0 aromatic rings. The first-order valence-corrected chi connectivity index (χ1v) is 4.09. The van der Waals surface area contributed by atoms with Gasteiger partial charge in [-0.3, -0.25) is 4.79 Å². The van der Waals surface area contributed by atoms with Crippen molar-refractivity contribution in [2.75, 3.05) is 20.2 Å². The second kappa shape index (κ2) is 3.72. The van der Waals surface area contributed by atoms with Gasteiger partial charge in [0.25, 0.3) is 0 Å². The van der Waals surface area contributed by atoms with Crippen molar-refractivity contribution >= 4 is 5.91 Å². The second-order valence-corrected chi connectivity index (χ2v) is 2.89. The Bertz CT molecular complexity index is 147. The minimum absolute atomic E-state index is 0.170. The molecule has 3 heteroatoms. The van der Waals surface area contributed by atoms with Crippen LogP contribution in [0.3, 0.4) is 0 Å². The molecule has 1 fully saturated rings. The normalized spacial score (nSPS) is 25.8. The summed E-state index contributed by atoms with van der Waals surface area (Å²) in [6.07, 6.45) is 1.71. The molecule has 1 aliphatic rings. The smallest absolute Gasteiger partial charge is 0.224 e. The Balaban J connectivity index is 2.34. The van der Waals surface area contributed by atoms with Crippen molar-refractivity contribution in [3.8, 4) is 0 Å². The van der Waals surface area contributed by atoms with Gasteiger partial charge in [0.15, 0.2) is 0 Å². The highest BCUT2D eigenvalue weighted by atomic mass is 16.5. The molecule has 1 aliphatic heterocycles. The molecule has 64 valence electrons. The molecule has 0 aromatic heterocycles. The van der Waals surface area contributed by atoms with E-state index in [1.54, 1.807) is 4.90 Å². The number of nitrogens with zero attached hydrogens (tertiary/aromatic N) is 1. The van der Waals surface area contributed by atoms with Crippen LogP contribution in [0.15, 0.2) is 0 Å². The molecular weight excluding hydrogens is 142 g/mol. The van der Waals surface area contributed by atoms with Crippen molar-refractivity contribution in [2.24, 2.45) is 0 Å². The Morgan fingerprint density at radius 3 is 3.00 bits per heavy atom. The lowest BCUT2D eigenvalue weighted by molar-refractivity contribution is -0.137. The fraction of sp³-hybridized carbons (Fsp3) is 0.875. The van der Waals surface area contributed by atoms with Gasteiger partial charge in [0, 0.05) is 20.2 Å². The topological polar surface area (TPSA) is 29.5 Å². The van der Waals surface area contributed by atoms with Gasteiger partial charge in [0.1, 0.15) is 0 Å². The van der Waals surface area contributed by atoms with Crippen LogP contribution in [0.2, 0.25) is 0 Å². The fourth-order valence-corrected chi connectivity index (χ4v) is 1.29. The molecule has 1 unspecified atom stereocenters. The van der Waals surface area contributed by atoms with Crippen molar-refractivity contribution in [2.45, 2.75) is 25.9 Å². The quantitative estimate of drug-likeness (QED) is 0.589. The molecule has 1 heterocycles. The zero-order valence-corrected chi connectivity index (χ0v) is 7.17. The number of likely N-dealkylation sites (tertiary alicyclic amines) is 1. The maximum absolute atomic E-state index is 11.1. The Morgan fingerprint density at radius 2 is 2.45 bits per heavy atom. The summed E-state index contributed by atoms with van der Waals surface area (Å²) in [7, 11) is 1.84. The predicted octanol–water partition coefficient (Wildman–Crippen LogP) is 0.644. The van der Waals surface area contributed by atoms with E-state index in [0.29, 0.717) is 13.0 Å². The summed E-state index contributed by atoms with van der Waals surface area (Å²) in [4.78, 5) is 12.9. The van der Waals surface area contributed by atoms with Crippen LogP contribution in [-0.4, -0.2) is 37.1 Å². The summed E-state index contributed by atoms with van der Waals surface area (Å²) in [5.74, 6) is 0.203. The van der Waals surface area contributed by atoms with Crippen LogP contribution in [0.4, 0.5) is 0 Å². The fourth-order valence-electron chi connectivity index (χ4n) is 1.29. The van der Waals surface area contributed by atoms with E-state index in [4.69, 9.17) is 4.74 Å². The summed E-state index contributed by atoms with van der Waals surface area (Å²) < 4.78 is 5.35. The third-order valence-corrected chi connectivity index (χ3v) is 2.02. The highest BCUT2D eigenvalue weighted by Crippen LogP contribution is 2.12. The lowest BCUT2D eigenvalue weighted by Crippen LogP contribution is -2.38. The number of amides is 1. The maximum atomic E-state index is 11.1. The molecule has 1 rings (SSSR count). The Labute approximate surface area is 67.3 Å². The number of rotatable bonds is 2. The minimum Gasteiger partial charge on any atom is -0.378 e. The molecule has 0 bridgehead atoms. The number of hydrogen-bond donors (Lipinski definition) is 0. The van der Waals surface area contributed by atoms with Crippen molar-refractivity contribution in [1.29, 1.82) is 0 Å². The van der Waals surface area contributed by atoms with E-state index in [1.165, 1.54) is 0 Å². The molecular formula is C8H15NO2. The van der Waals surface area contributed by atoms with Gasteiger partial charge in [-0.1, -0.05) is 0 Å². The van der Waals surface area contributed by atoms with Crippen molar-refractivity contribution in [1.82, 2.24) is 4.90 Å². The molecule has 3 nitrogen and oxygen atoms in total. The summed E-state index contributed by atoms with van der Waals surface area (Å²) >= 11 is 0. The molecule has 0 aromatic carbocycles. The van der Waals surface area contributed by atoms with E-state index < -0.39 is 0 Å². The van der Waals surface area contributed by atoms with Crippen LogP contribution in [0.1, 0.15) is 19.8 Å². The lowest BCUT2D eigenvalue weighted by Gasteiger charge is -2.28. The molecule has 0 aliphatic carbocycles. The van der Waals surface area contributed by atoms with E-state index in [1.807, 2.05) is 14.0 Å². The van der Waals surface area contributed by atoms with Crippen LogP contribution in [0.25, 0.3) is 0 Å². The second-order valence-electron chi connectivity index (χ2n) is 2.89. The number of carbonyl (C=O) groups is 1. The summed E-state index contributed by atoms with van der Waals surface area (Å²) in [6, 6.07) is 0. The molecule has 1 saturated heterocycles. The largest absolute Gasteiger partial charge is 0.378 e. The standard InChI is InChI=1S/C8H15NO2/c1-3-11-7-4-5-9(2)8(10)6-7/h7H,3-6H2,1-2H3. The average Bonchev–Trinajstić information content (AvgIpc) is 1.98. The first-order valence-electron chi connectivity index (χ1n) is 4.09. The van der Waals surface area contributed by atoms with Crippen LogP contribution < -0.4 is 0 Å². The van der Waals surface area contributed by atoms with Gasteiger partial charge < -0.3 is 9.64 Å². The van der Waals surface area contributed by atoms with E-state index in [2.05, 4.69) is 0 Å². The summed E-state index contributed by atoms with van der Waals surface area (Å²) in [5.41, 5.74) is 0. The number of carbonyl (C=O) groups excluding carboxylic acids is 1. The SMILES string of the molecule is CCOC1CCN(C)C(=O)C1. The third kappa shape index (κ3) is 2.19. The van der Waals surface area contributed by atoms with Crippen LogP contribution in [0.5, 0.6) is 0 Å². The Morgan fingerprint density at radius 1 is 1.73 bits per heavy atom. The van der Waals surface area contributed by atoms with Gasteiger partial charge in [0.2, 0.25) is 5.91 Å². The predicted molar refractivity (Wildman–Crippen MR) is 42.3 cm³/mol. The molecule has 1 amide bonds. The van der Waals surface area contributed by atoms with E-state index >= 15 is 0 Å². The lowest BCUT2D eigenvalue weighted by atomic mass is 10.1. The van der Waals surface area contributed by atoms with E-state index in [9.17, 15) is 4.79 Å². The van der Waals surface area contributed by atoms with E-state index in [0.717, 1.165) is 13.0 Å². The van der Waals surface area contributed by atoms with Crippen molar-refractivity contribution in [3.63, 3.8) is 0 Å². The van der Waals surface area contributed by atoms with Gasteiger partial charge >= 0.3 is 0 Å². The van der Waals surface area contributed by atoms with Gasteiger partial charge in [-0.15, -0.1) is 0 Å². The highest BCUT2D eigenvalue weighted by Gasteiger charge is 2.22. The molecule has 0 spiro atoms. The third-order valence-electron chi connectivity index (χ3n) is 2.02. The highest BCUT2D eigenvalue weighted by molar-refractivity contribution is 5.77. The van der Waals surface area contributed by atoms with Crippen molar-refractivity contribution in [3.05, 3.63) is 0 Å². The number of ether oxygens (including phenoxy) is 1. The van der Waals surface area contributed by atoms with Crippen LogP contribution in [-0.2, 0) is 9.53 Å². The minimum atomic E-state index is 0.170. The summed E-state index contributed by atoms with van der Waals surface area (Å²) in [6.45, 7) is 3.51. The van der Waals surface area contributed by atoms with Gasteiger partial charge in [0.05, 0.1) is 12.5 Å². The van der Waals surface area contributed by atoms with Crippen molar-refractivity contribution < 1.29 is 9.53 Å². The summed E-state index contributed by atoms with van der Waals surface area (Å²) in [5, 5.41) is 0. The first-order chi connectivity index (χ1) is 5.24. The Hall–Kier alpha value is -0.570.